The molecule has 101 heavy (non-hydrogen) atoms. The number of allylic oxidation sites excluding steroid dienone is 23. The quantitative estimate of drug-likeness (QED) is 0.0204. The third-order valence-corrected chi connectivity index (χ3v) is 18.7. The third-order valence-electron chi connectivity index (χ3n) is 18.7. The molecule has 0 aromatic heterocycles. The van der Waals surface area contributed by atoms with Crippen LogP contribution in [0.15, 0.2) is 146 Å². The third kappa shape index (κ3) is 51.7. The van der Waals surface area contributed by atoms with Crippen LogP contribution in [0.2, 0.25) is 0 Å². The van der Waals surface area contributed by atoms with E-state index in [1.807, 2.05) is 6.08 Å². The number of hydrogen-bond acceptors (Lipinski definition) is 13. The number of rotatable bonds is 66. The first kappa shape index (κ1) is 93.0. The van der Waals surface area contributed by atoms with Crippen LogP contribution in [0.4, 0.5) is 0 Å². The van der Waals surface area contributed by atoms with Crippen LogP contribution in [0.3, 0.4) is 0 Å². The Morgan fingerprint density at radius 1 is 0.366 bits per heavy atom. The van der Waals surface area contributed by atoms with Gasteiger partial charge in [0.15, 0.2) is 12.6 Å². The second-order valence-corrected chi connectivity index (χ2v) is 27.8. The number of aliphatic hydroxyl groups excluding tert-OH is 8. The Labute approximate surface area is 614 Å². The van der Waals surface area contributed by atoms with Gasteiger partial charge in [-0.15, -0.1) is 0 Å². The van der Waals surface area contributed by atoms with E-state index < -0.39 is 86.8 Å². The molecule has 2 fully saturated rings. The summed E-state index contributed by atoms with van der Waals surface area (Å²) in [6, 6.07) is -0.950. The standard InChI is InChI=1S/C87H147NO13/c1-3-5-7-9-11-13-15-17-19-21-23-25-27-29-31-32-33-34-35-36-37-38-39-40-41-42-43-44-45-47-49-51-53-55-57-59-61-63-65-67-69-71-79(92)88-75(74-98-86-84(97)82(95)85(78(73-90)100-86)101-87-83(96)81(94)80(93)77(72-89)99-87)76(91)70-68-66-64-62-60-58-56-54-52-50-48-46-30-28-26-24-22-20-18-16-14-12-10-8-6-4-2/h5,7,11,13,17,19,23,25,29,31,33-34,36-37,39-40,42-43,52,54,60,62,68,70,75-78,80-87,89-91,93-97H,3-4,6,8-10,12,14-16,18,20-22,24,26-28,30,32,35,38,41,44-51,53,55-59,61,63-67,69,71-74H2,1-2H3,(H,88,92)/b7-5-,13-11-,19-17-,25-23-,31-29-,34-33-,37-36-,40-39-,43-42-,54-52+,62-60+,70-68+. The second kappa shape index (κ2) is 68.9. The Kier molecular flexibility index (Phi) is 63.5. The molecule has 2 aliphatic heterocycles. The fraction of sp³-hybridized carbons (Fsp3) is 0.713. The lowest BCUT2D eigenvalue weighted by Gasteiger charge is -2.46. The number of ether oxygens (including phenoxy) is 4. The Morgan fingerprint density at radius 3 is 1.09 bits per heavy atom. The fourth-order valence-electron chi connectivity index (χ4n) is 12.4. The Hall–Kier alpha value is -4.13. The Bertz CT molecular complexity index is 2260. The molecule has 0 aromatic carbocycles. The molecule has 0 aromatic rings. The zero-order valence-corrected chi connectivity index (χ0v) is 63.3. The number of unbranched alkanes of at least 4 members (excludes halogenated alkanes) is 31. The number of amides is 1. The SMILES string of the molecule is CC/C=C\C/C=C\C/C=C\C/C=C\C/C=C\C/C=C\C/C=C\C/C=C\C/C=C\CCCCCCCCCCCCCCCC(=O)NC(COC1OC(CO)C(OC2OC(CO)C(O)C(O)C2O)C(O)C1O)C(O)/C=C/CC/C=C/CC/C=C/CCCCCCCCCCCCCCCCCC. The lowest BCUT2D eigenvalue weighted by atomic mass is 9.97. The average Bonchev–Trinajstić information content (AvgIpc) is 0.792. The summed E-state index contributed by atoms with van der Waals surface area (Å²) in [5.41, 5.74) is 0. The first-order valence-electron chi connectivity index (χ1n) is 40.6. The van der Waals surface area contributed by atoms with Gasteiger partial charge in [0, 0.05) is 6.42 Å². The zero-order valence-electron chi connectivity index (χ0n) is 63.3. The van der Waals surface area contributed by atoms with Crippen molar-refractivity contribution in [2.45, 2.75) is 376 Å². The summed E-state index contributed by atoms with van der Waals surface area (Å²) in [6.07, 6.45) is 87.8. The van der Waals surface area contributed by atoms with Crippen LogP contribution in [0, 0.1) is 0 Å². The van der Waals surface area contributed by atoms with E-state index in [4.69, 9.17) is 18.9 Å². The molecule has 2 rings (SSSR count). The predicted molar refractivity (Wildman–Crippen MR) is 419 cm³/mol. The van der Waals surface area contributed by atoms with Gasteiger partial charge in [-0.2, -0.15) is 0 Å². The molecule has 0 radical (unpaired) electrons. The number of aliphatic hydroxyl groups is 8. The minimum absolute atomic E-state index is 0.257. The molecular formula is C87H147NO13. The lowest BCUT2D eigenvalue weighted by Crippen LogP contribution is -2.65. The van der Waals surface area contributed by atoms with Gasteiger partial charge in [-0.05, 0) is 116 Å². The Balaban J connectivity index is 1.63. The van der Waals surface area contributed by atoms with Crippen LogP contribution in [0.25, 0.3) is 0 Å². The van der Waals surface area contributed by atoms with E-state index in [1.165, 1.54) is 161 Å². The number of carbonyl (C=O) groups is 1. The van der Waals surface area contributed by atoms with E-state index in [9.17, 15) is 45.6 Å². The van der Waals surface area contributed by atoms with Gasteiger partial charge in [0.2, 0.25) is 5.91 Å². The summed E-state index contributed by atoms with van der Waals surface area (Å²) in [5.74, 6) is -0.257. The van der Waals surface area contributed by atoms with Crippen LogP contribution in [-0.2, 0) is 23.7 Å². The van der Waals surface area contributed by atoms with E-state index >= 15 is 0 Å². The molecule has 2 saturated heterocycles. The highest BCUT2D eigenvalue weighted by Crippen LogP contribution is 2.30. The van der Waals surface area contributed by atoms with Crippen molar-refractivity contribution in [3.8, 4) is 0 Å². The molecule has 578 valence electrons. The summed E-state index contributed by atoms with van der Waals surface area (Å²) in [4.78, 5) is 13.4. The normalized spacial score (nSPS) is 22.6. The summed E-state index contributed by atoms with van der Waals surface area (Å²) in [6.45, 7) is 2.68. The largest absolute Gasteiger partial charge is 0.394 e. The van der Waals surface area contributed by atoms with Crippen molar-refractivity contribution in [2.24, 2.45) is 0 Å². The molecule has 0 aliphatic carbocycles. The van der Waals surface area contributed by atoms with Crippen molar-refractivity contribution in [3.05, 3.63) is 146 Å². The molecule has 12 unspecified atom stereocenters. The molecule has 9 N–H and O–H groups in total. The molecular weight excluding hydrogens is 1270 g/mol. The van der Waals surface area contributed by atoms with E-state index in [2.05, 4.69) is 153 Å². The first-order valence-corrected chi connectivity index (χ1v) is 40.6. The molecule has 0 bridgehead atoms. The highest BCUT2D eigenvalue weighted by atomic mass is 16.7. The van der Waals surface area contributed by atoms with E-state index in [1.54, 1.807) is 6.08 Å². The summed E-state index contributed by atoms with van der Waals surface area (Å²) >= 11 is 0. The molecule has 1 amide bonds. The zero-order chi connectivity index (χ0) is 73.0. The van der Waals surface area contributed by atoms with Gasteiger partial charge in [0.25, 0.3) is 0 Å². The predicted octanol–water partition coefficient (Wildman–Crippen LogP) is 18.7. The molecule has 2 aliphatic rings. The van der Waals surface area contributed by atoms with Gasteiger partial charge in [-0.25, -0.2) is 0 Å². The fourth-order valence-corrected chi connectivity index (χ4v) is 12.4. The highest BCUT2D eigenvalue weighted by molar-refractivity contribution is 5.76. The van der Waals surface area contributed by atoms with Gasteiger partial charge in [-0.1, -0.05) is 327 Å². The summed E-state index contributed by atoms with van der Waals surface area (Å²) < 4.78 is 22.9. The van der Waals surface area contributed by atoms with Crippen molar-refractivity contribution >= 4 is 5.91 Å². The van der Waals surface area contributed by atoms with Crippen molar-refractivity contribution in [1.29, 1.82) is 0 Å². The van der Waals surface area contributed by atoms with Gasteiger partial charge in [-0.3, -0.25) is 4.79 Å². The van der Waals surface area contributed by atoms with Crippen molar-refractivity contribution < 1.29 is 64.6 Å². The summed E-state index contributed by atoms with van der Waals surface area (Å²) in [7, 11) is 0. The minimum Gasteiger partial charge on any atom is -0.394 e. The first-order chi connectivity index (χ1) is 49.6. The molecule has 12 atom stereocenters. The van der Waals surface area contributed by atoms with Crippen LogP contribution in [0.5, 0.6) is 0 Å². The smallest absolute Gasteiger partial charge is 0.220 e. The van der Waals surface area contributed by atoms with E-state index in [0.29, 0.717) is 12.8 Å². The van der Waals surface area contributed by atoms with Crippen molar-refractivity contribution in [2.75, 3.05) is 19.8 Å². The van der Waals surface area contributed by atoms with Crippen LogP contribution in [0.1, 0.15) is 303 Å². The van der Waals surface area contributed by atoms with Gasteiger partial charge < -0.3 is 65.1 Å². The van der Waals surface area contributed by atoms with Crippen LogP contribution >= 0.6 is 0 Å². The maximum absolute atomic E-state index is 13.4. The molecule has 2 heterocycles. The highest BCUT2D eigenvalue weighted by Gasteiger charge is 2.51. The minimum atomic E-state index is -1.80. The van der Waals surface area contributed by atoms with E-state index in [-0.39, 0.29) is 18.9 Å². The molecule has 14 heteroatoms. The number of nitrogens with one attached hydrogen (secondary N) is 1. The van der Waals surface area contributed by atoms with Gasteiger partial charge >= 0.3 is 0 Å². The van der Waals surface area contributed by atoms with Crippen molar-refractivity contribution in [1.82, 2.24) is 5.32 Å². The van der Waals surface area contributed by atoms with Gasteiger partial charge in [0.1, 0.15) is 48.8 Å². The Morgan fingerprint density at radius 2 is 0.693 bits per heavy atom. The van der Waals surface area contributed by atoms with Crippen LogP contribution in [-0.4, -0.2) is 140 Å². The van der Waals surface area contributed by atoms with E-state index in [0.717, 1.165) is 109 Å². The molecule has 0 saturated carbocycles. The maximum Gasteiger partial charge on any atom is 0.220 e. The maximum atomic E-state index is 13.4. The number of hydrogen-bond donors (Lipinski definition) is 9. The second-order valence-electron chi connectivity index (χ2n) is 27.8. The number of carbonyl (C=O) groups excluding carboxylic acids is 1. The molecule has 0 spiro atoms. The average molecular weight is 1420 g/mol. The van der Waals surface area contributed by atoms with Crippen LogP contribution < -0.4 is 5.32 Å². The lowest BCUT2D eigenvalue weighted by molar-refractivity contribution is -0.359. The van der Waals surface area contributed by atoms with Gasteiger partial charge in [0.05, 0.1) is 32.0 Å². The molecule has 14 nitrogen and oxygen atoms in total. The topological polar surface area (TPSA) is 228 Å². The monoisotopic (exact) mass is 1410 g/mol. The van der Waals surface area contributed by atoms with Crippen molar-refractivity contribution in [3.63, 3.8) is 0 Å². The summed E-state index contributed by atoms with van der Waals surface area (Å²) in [5, 5.41) is 87.6.